The topological polar surface area (TPSA) is 122 Å². The minimum atomic E-state index is -4.63. The van der Waals surface area contributed by atoms with Crippen LogP contribution < -0.4 is 20.6 Å². The number of thiocarbonyl (C=S) groups is 1. The van der Waals surface area contributed by atoms with Crippen molar-refractivity contribution in [3.05, 3.63) is 59.2 Å². The Morgan fingerprint density at radius 1 is 1.17 bits per heavy atom. The predicted octanol–water partition coefficient (Wildman–Crippen LogP) is 4.30. The van der Waals surface area contributed by atoms with E-state index in [0.717, 1.165) is 6.07 Å². The average Bonchev–Trinajstić information content (AvgIpc) is 2.86. The quantitative estimate of drug-likeness (QED) is 0.106. The zero-order valence-corrected chi connectivity index (χ0v) is 20.9. The number of unbranched alkanes of at least 4 members (excludes halogenated alkanes) is 2. The van der Waals surface area contributed by atoms with E-state index in [9.17, 15) is 13.2 Å². The van der Waals surface area contributed by atoms with Gasteiger partial charge in [0.2, 0.25) is 0 Å². The van der Waals surface area contributed by atoms with Gasteiger partial charge < -0.3 is 24.6 Å². The number of benzene rings is 2. The molecule has 194 valence electrons. The van der Waals surface area contributed by atoms with Gasteiger partial charge >= 0.3 is 6.18 Å². The van der Waals surface area contributed by atoms with Crippen LogP contribution in [0.15, 0.2) is 47.6 Å². The molecule has 2 aromatic carbocycles. The number of hydrazone groups is 1. The Morgan fingerprint density at radius 3 is 2.50 bits per heavy atom. The van der Waals surface area contributed by atoms with Crippen molar-refractivity contribution in [3.63, 3.8) is 0 Å². The summed E-state index contributed by atoms with van der Waals surface area (Å²) in [5.74, 6) is 0.368. The third-order valence-corrected chi connectivity index (χ3v) is 5.24. The third kappa shape index (κ3) is 10.4. The van der Waals surface area contributed by atoms with E-state index in [0.29, 0.717) is 37.2 Å². The summed E-state index contributed by atoms with van der Waals surface area (Å²) < 4.78 is 56.5. The summed E-state index contributed by atoms with van der Waals surface area (Å²) in [5, 5.41) is 12.6. The molecule has 0 aliphatic heterocycles. The highest BCUT2D eigenvalue weighted by molar-refractivity contribution is 7.80. The Balaban J connectivity index is 1.82. The molecule has 0 aromatic heterocycles. The molecule has 0 aliphatic rings. The van der Waals surface area contributed by atoms with Crippen molar-refractivity contribution in [3.8, 4) is 17.6 Å². The van der Waals surface area contributed by atoms with Crippen molar-refractivity contribution in [1.82, 2.24) is 5.43 Å². The zero-order chi connectivity index (χ0) is 26.4. The van der Waals surface area contributed by atoms with Crippen molar-refractivity contribution in [1.29, 1.82) is 5.26 Å². The minimum Gasteiger partial charge on any atom is -0.494 e. The molecule has 0 aliphatic carbocycles. The highest BCUT2D eigenvalue weighted by Crippen LogP contribution is 2.37. The molecule has 13 heteroatoms. The second-order valence-corrected chi connectivity index (χ2v) is 8.27. The highest BCUT2D eigenvalue weighted by atomic mass is 32.1. The fourth-order valence-corrected chi connectivity index (χ4v) is 3.28. The van der Waals surface area contributed by atoms with Gasteiger partial charge in [0.1, 0.15) is 16.5 Å². The molecule has 0 fully saturated rings. The number of nitriles is 1. The number of nitrogens with two attached hydrogens (primary N) is 1. The molecule has 2 rings (SSSR count). The van der Waals surface area contributed by atoms with Gasteiger partial charge in [0.05, 0.1) is 43.1 Å². The molecule has 8 nitrogen and oxygen atoms in total. The van der Waals surface area contributed by atoms with E-state index < -0.39 is 26.8 Å². The summed E-state index contributed by atoms with van der Waals surface area (Å²) in [6.45, 7) is 0.586. The molecule has 2 atom stereocenters. The number of ether oxygens (including phenoxy) is 2. The first-order valence-electron chi connectivity index (χ1n) is 10.8. The molecule has 0 heterocycles. The van der Waals surface area contributed by atoms with E-state index in [2.05, 4.69) is 10.5 Å². The average molecular weight is 543 g/mol. The Hall–Kier alpha value is -2.81. The van der Waals surface area contributed by atoms with E-state index >= 15 is 0 Å². The summed E-state index contributed by atoms with van der Waals surface area (Å²) in [6, 6.07) is 11.7. The molecule has 0 spiro atoms. The lowest BCUT2D eigenvalue weighted by Gasteiger charge is -2.16. The van der Waals surface area contributed by atoms with Gasteiger partial charge in [-0.25, -0.2) is 0 Å². The summed E-state index contributed by atoms with van der Waals surface area (Å²) in [6.07, 6.45) is -1.42. The summed E-state index contributed by atoms with van der Waals surface area (Å²) >= 11 is 5.11. The predicted molar refractivity (Wildman–Crippen MR) is 135 cm³/mol. The van der Waals surface area contributed by atoms with Crippen LogP contribution in [-0.4, -0.2) is 42.0 Å². The van der Waals surface area contributed by atoms with Crippen LogP contribution in [0, 0.1) is 11.3 Å². The summed E-state index contributed by atoms with van der Waals surface area (Å²) in [4.78, 5) is 8.58. The van der Waals surface area contributed by atoms with Gasteiger partial charge in [0, 0.05) is 11.8 Å². The van der Waals surface area contributed by atoms with Crippen LogP contribution in [0.1, 0.15) is 36.0 Å². The molecule has 2 unspecified atom stereocenters. The highest BCUT2D eigenvalue weighted by Gasteiger charge is 2.35. The standard InChI is InChI=1S/C23H26F3N4O4PS/c24-23(25,26)20-12-17(22(36)30-29-14-18(28)15-34-35-31)6-9-21(20)33-11-3-1-2-10-32-19-7-4-16(13-27)5-8-19/h4-9,12,14,18,31,35H,1-3,10-11,15,28H2,(H,30,36)/b29-14+. The van der Waals surface area contributed by atoms with Crippen LogP contribution in [0.25, 0.3) is 0 Å². The Morgan fingerprint density at radius 2 is 1.86 bits per heavy atom. The van der Waals surface area contributed by atoms with Crippen molar-refractivity contribution < 1.29 is 32.1 Å². The molecule has 4 N–H and O–H groups in total. The number of nitrogens with zero attached hydrogens (tertiary/aromatic N) is 2. The largest absolute Gasteiger partial charge is 0.494 e. The number of nitrogens with one attached hydrogen (secondary N) is 1. The fraction of sp³-hybridized carbons (Fsp3) is 0.348. The Bertz CT molecular complexity index is 1050. The second kappa shape index (κ2) is 15.3. The minimum absolute atomic E-state index is 0.0253. The molecule has 36 heavy (non-hydrogen) atoms. The molecule has 0 saturated carbocycles. The van der Waals surface area contributed by atoms with Crippen LogP contribution in [0.4, 0.5) is 13.2 Å². The maximum absolute atomic E-state index is 13.6. The van der Waals surface area contributed by atoms with E-state index in [4.69, 9.17) is 42.1 Å². The van der Waals surface area contributed by atoms with Crippen molar-refractivity contribution in [2.75, 3.05) is 19.8 Å². The van der Waals surface area contributed by atoms with Gasteiger partial charge in [-0.05, 0) is 61.7 Å². The van der Waals surface area contributed by atoms with Crippen LogP contribution >= 0.6 is 21.3 Å². The molecular weight excluding hydrogens is 516 g/mol. The third-order valence-electron chi connectivity index (χ3n) is 4.62. The SMILES string of the molecule is N#Cc1ccc(OCCCCCOc2ccc(C(=S)N/N=C/C(N)COPO)cc2C(F)(F)F)cc1. The van der Waals surface area contributed by atoms with E-state index in [1.807, 2.05) is 6.07 Å². The normalized spacial score (nSPS) is 12.6. The molecule has 0 amide bonds. The number of rotatable bonds is 14. The maximum atomic E-state index is 13.6. The zero-order valence-electron chi connectivity index (χ0n) is 19.1. The van der Waals surface area contributed by atoms with Gasteiger partial charge in [0.25, 0.3) is 0 Å². The van der Waals surface area contributed by atoms with Gasteiger partial charge in [0.15, 0.2) is 9.03 Å². The van der Waals surface area contributed by atoms with Crippen LogP contribution in [0.5, 0.6) is 11.5 Å². The van der Waals surface area contributed by atoms with Crippen molar-refractivity contribution in [2.45, 2.75) is 31.5 Å². The van der Waals surface area contributed by atoms with Crippen molar-refractivity contribution >= 4 is 32.5 Å². The van der Waals surface area contributed by atoms with Crippen molar-refractivity contribution in [2.24, 2.45) is 10.8 Å². The first kappa shape index (κ1) is 29.4. The van der Waals surface area contributed by atoms with E-state index in [1.54, 1.807) is 24.3 Å². The summed E-state index contributed by atoms with van der Waals surface area (Å²) in [7, 11) is -0.707. The Labute approximate surface area is 214 Å². The van der Waals surface area contributed by atoms with E-state index in [-0.39, 0.29) is 29.5 Å². The number of hydrogen-bond acceptors (Lipinski definition) is 8. The lowest BCUT2D eigenvalue weighted by atomic mass is 10.1. The van der Waals surface area contributed by atoms with Gasteiger partial charge in [-0.1, -0.05) is 12.2 Å². The maximum Gasteiger partial charge on any atom is 0.419 e. The molecule has 0 bridgehead atoms. The van der Waals surface area contributed by atoms with Gasteiger partial charge in [-0.15, -0.1) is 0 Å². The lowest BCUT2D eigenvalue weighted by molar-refractivity contribution is -0.139. The second-order valence-electron chi connectivity index (χ2n) is 7.39. The first-order chi connectivity index (χ1) is 17.2. The molecule has 0 saturated heterocycles. The van der Waals surface area contributed by atoms with Crippen LogP contribution in [0.3, 0.4) is 0 Å². The monoisotopic (exact) mass is 542 g/mol. The number of halogens is 3. The fourth-order valence-electron chi connectivity index (χ4n) is 2.83. The van der Waals surface area contributed by atoms with Gasteiger partial charge in [-0.3, -0.25) is 5.43 Å². The molecular formula is C23H26F3N4O4PS. The first-order valence-corrected chi connectivity index (χ1v) is 12.1. The van der Waals surface area contributed by atoms with E-state index in [1.165, 1.54) is 18.3 Å². The van der Waals surface area contributed by atoms with Gasteiger partial charge in [-0.2, -0.15) is 23.5 Å². The summed E-state index contributed by atoms with van der Waals surface area (Å²) in [5.41, 5.74) is 7.85. The molecule has 2 aromatic rings. The van der Waals surface area contributed by atoms with Crippen LogP contribution in [-0.2, 0) is 10.7 Å². The Kier molecular flexibility index (Phi) is 12.5. The number of hydrogen-bond donors (Lipinski definition) is 3. The van der Waals surface area contributed by atoms with Crippen LogP contribution in [0.2, 0.25) is 0 Å². The smallest absolute Gasteiger partial charge is 0.419 e. The lowest BCUT2D eigenvalue weighted by Crippen LogP contribution is -2.28. The molecule has 0 radical (unpaired) electrons. The number of alkyl halides is 3.